The number of nitrogens with two attached hydrogens (primary N) is 1. The van der Waals surface area contributed by atoms with E-state index in [9.17, 15) is 9.59 Å². The van der Waals surface area contributed by atoms with Crippen molar-refractivity contribution in [3.05, 3.63) is 33.8 Å². The molecule has 1 saturated heterocycles. The van der Waals surface area contributed by atoms with Gasteiger partial charge < -0.3 is 15.2 Å². The first kappa shape index (κ1) is 14.0. The zero-order chi connectivity index (χ0) is 14.0. The van der Waals surface area contributed by atoms with Crippen molar-refractivity contribution in [1.29, 1.82) is 0 Å². The summed E-state index contributed by atoms with van der Waals surface area (Å²) >= 11 is 3.39. The first-order valence-electron chi connectivity index (χ1n) is 5.77. The molecule has 0 bridgehead atoms. The van der Waals surface area contributed by atoms with E-state index in [0.717, 1.165) is 5.56 Å². The van der Waals surface area contributed by atoms with Gasteiger partial charge in [0.25, 0.3) is 0 Å². The second kappa shape index (κ2) is 5.30. The molecule has 1 aliphatic rings. The molecule has 0 saturated carbocycles. The predicted octanol–water partition coefficient (Wildman–Crippen LogP) is 1.38. The molecule has 102 valence electrons. The largest absolute Gasteiger partial charge is 0.465 e. The van der Waals surface area contributed by atoms with Crippen LogP contribution in [0.4, 0.5) is 0 Å². The van der Waals surface area contributed by atoms with E-state index in [1.165, 1.54) is 7.11 Å². The Morgan fingerprint density at radius 1 is 1.47 bits per heavy atom. The molecule has 1 heterocycles. The third kappa shape index (κ3) is 2.37. The van der Waals surface area contributed by atoms with Crippen LogP contribution in [0.3, 0.4) is 0 Å². The molecule has 2 rings (SSSR count). The molecule has 6 heteroatoms. The van der Waals surface area contributed by atoms with Gasteiger partial charge in [-0.25, -0.2) is 4.79 Å². The topological polar surface area (TPSA) is 78.6 Å². The number of benzene rings is 1. The summed E-state index contributed by atoms with van der Waals surface area (Å²) in [4.78, 5) is 23.2. The lowest BCUT2D eigenvalue weighted by Crippen LogP contribution is -2.42. The SMILES string of the molecule is COC(=O)c1ccc(C2(C(N)=O)CCOC2)c(Br)c1. The minimum absolute atomic E-state index is 0.262. The second-order valence-corrected chi connectivity index (χ2v) is 5.29. The Morgan fingerprint density at radius 3 is 2.68 bits per heavy atom. The van der Waals surface area contributed by atoms with Crippen molar-refractivity contribution in [3.63, 3.8) is 0 Å². The Labute approximate surface area is 119 Å². The molecular weight excluding hydrogens is 314 g/mol. The fourth-order valence-corrected chi connectivity index (χ4v) is 3.01. The molecule has 1 fully saturated rings. The van der Waals surface area contributed by atoms with Gasteiger partial charge in [-0.3, -0.25) is 4.79 Å². The molecule has 0 aromatic heterocycles. The number of hydrogen-bond donors (Lipinski definition) is 1. The molecule has 1 unspecified atom stereocenters. The Kier molecular flexibility index (Phi) is 3.91. The van der Waals surface area contributed by atoms with Crippen molar-refractivity contribution in [2.45, 2.75) is 11.8 Å². The van der Waals surface area contributed by atoms with E-state index in [2.05, 4.69) is 20.7 Å². The van der Waals surface area contributed by atoms with Crippen LogP contribution < -0.4 is 5.73 Å². The summed E-state index contributed by atoms with van der Waals surface area (Å²) in [6.07, 6.45) is 0.540. The third-order valence-corrected chi connectivity index (χ3v) is 4.06. The lowest BCUT2D eigenvalue weighted by atomic mass is 9.79. The van der Waals surface area contributed by atoms with Crippen molar-refractivity contribution in [2.24, 2.45) is 5.73 Å². The van der Waals surface area contributed by atoms with Crippen LogP contribution in [0.15, 0.2) is 22.7 Å². The number of rotatable bonds is 3. The quantitative estimate of drug-likeness (QED) is 0.850. The summed E-state index contributed by atoms with van der Waals surface area (Å²) in [5, 5.41) is 0. The minimum Gasteiger partial charge on any atom is -0.465 e. The highest BCUT2D eigenvalue weighted by molar-refractivity contribution is 9.10. The van der Waals surface area contributed by atoms with Crippen molar-refractivity contribution in [3.8, 4) is 0 Å². The number of carbonyl (C=O) groups excluding carboxylic acids is 2. The number of ether oxygens (including phenoxy) is 2. The van der Waals surface area contributed by atoms with E-state index in [1.807, 2.05) is 0 Å². The molecule has 1 atom stereocenters. The summed E-state index contributed by atoms with van der Waals surface area (Å²) in [5.74, 6) is -0.848. The highest BCUT2D eigenvalue weighted by Crippen LogP contribution is 2.37. The predicted molar refractivity (Wildman–Crippen MR) is 71.8 cm³/mol. The number of halogens is 1. The van der Waals surface area contributed by atoms with Gasteiger partial charge in [0, 0.05) is 11.1 Å². The van der Waals surface area contributed by atoms with E-state index >= 15 is 0 Å². The second-order valence-electron chi connectivity index (χ2n) is 4.44. The highest BCUT2D eigenvalue weighted by atomic mass is 79.9. The molecule has 0 spiro atoms. The summed E-state index contributed by atoms with van der Waals surface area (Å²) in [6.45, 7) is 0.757. The van der Waals surface area contributed by atoms with Gasteiger partial charge >= 0.3 is 5.97 Å². The molecule has 19 heavy (non-hydrogen) atoms. The van der Waals surface area contributed by atoms with Gasteiger partial charge in [-0.1, -0.05) is 22.0 Å². The highest BCUT2D eigenvalue weighted by Gasteiger charge is 2.43. The monoisotopic (exact) mass is 327 g/mol. The van der Waals surface area contributed by atoms with E-state index in [1.54, 1.807) is 18.2 Å². The van der Waals surface area contributed by atoms with Crippen LogP contribution in [0.1, 0.15) is 22.3 Å². The number of primary amides is 1. The maximum Gasteiger partial charge on any atom is 0.337 e. The van der Waals surface area contributed by atoms with E-state index < -0.39 is 17.3 Å². The third-order valence-electron chi connectivity index (χ3n) is 3.40. The van der Waals surface area contributed by atoms with Gasteiger partial charge in [0.05, 0.1) is 19.3 Å². The molecule has 1 aromatic rings. The van der Waals surface area contributed by atoms with Gasteiger partial charge in [-0.2, -0.15) is 0 Å². The Bertz CT molecular complexity index is 523. The van der Waals surface area contributed by atoms with Crippen LogP contribution in [0, 0.1) is 0 Å². The van der Waals surface area contributed by atoms with Crippen molar-refractivity contribution in [1.82, 2.24) is 0 Å². The first-order valence-corrected chi connectivity index (χ1v) is 6.56. The van der Waals surface area contributed by atoms with Crippen LogP contribution in [0.2, 0.25) is 0 Å². The molecule has 1 aromatic carbocycles. The smallest absolute Gasteiger partial charge is 0.337 e. The van der Waals surface area contributed by atoms with Crippen LogP contribution in [-0.4, -0.2) is 32.2 Å². The summed E-state index contributed by atoms with van der Waals surface area (Å²) < 4.78 is 10.6. The molecule has 1 aliphatic heterocycles. The molecule has 2 N–H and O–H groups in total. The average molecular weight is 328 g/mol. The van der Waals surface area contributed by atoms with Crippen LogP contribution in [0.25, 0.3) is 0 Å². The van der Waals surface area contributed by atoms with Gasteiger partial charge in [0.1, 0.15) is 5.41 Å². The zero-order valence-corrected chi connectivity index (χ0v) is 12.0. The Hall–Kier alpha value is -1.40. The lowest BCUT2D eigenvalue weighted by Gasteiger charge is -2.25. The molecular formula is C13H14BrNO4. The molecule has 1 amide bonds. The average Bonchev–Trinajstić information content (AvgIpc) is 2.88. The van der Waals surface area contributed by atoms with E-state index in [4.69, 9.17) is 10.5 Å². The number of carbonyl (C=O) groups is 2. The number of hydrogen-bond acceptors (Lipinski definition) is 4. The summed E-state index contributed by atoms with van der Waals surface area (Å²) in [6, 6.07) is 4.97. The van der Waals surface area contributed by atoms with Gasteiger partial charge in [0.2, 0.25) is 5.91 Å². The van der Waals surface area contributed by atoms with Gasteiger partial charge in [0.15, 0.2) is 0 Å². The Balaban J connectivity index is 2.45. The normalized spacial score (nSPS) is 22.2. The van der Waals surface area contributed by atoms with Crippen LogP contribution in [0.5, 0.6) is 0 Å². The van der Waals surface area contributed by atoms with Crippen LogP contribution in [-0.2, 0) is 19.7 Å². The minimum atomic E-state index is -0.826. The van der Waals surface area contributed by atoms with Crippen LogP contribution >= 0.6 is 15.9 Å². The maximum absolute atomic E-state index is 11.8. The zero-order valence-electron chi connectivity index (χ0n) is 10.4. The van der Waals surface area contributed by atoms with E-state index in [0.29, 0.717) is 23.1 Å². The maximum atomic E-state index is 11.8. The summed E-state index contributed by atoms with van der Waals surface area (Å²) in [5.41, 5.74) is 5.85. The molecule has 5 nitrogen and oxygen atoms in total. The van der Waals surface area contributed by atoms with Crippen molar-refractivity contribution in [2.75, 3.05) is 20.3 Å². The first-order chi connectivity index (χ1) is 9.01. The standard InChI is InChI=1S/C13H14BrNO4/c1-18-11(16)8-2-3-9(10(14)6-8)13(12(15)17)4-5-19-7-13/h2-3,6H,4-5,7H2,1H3,(H2,15,17). The lowest BCUT2D eigenvalue weighted by molar-refractivity contribution is -0.123. The van der Waals surface area contributed by atoms with E-state index in [-0.39, 0.29) is 6.61 Å². The van der Waals surface area contributed by atoms with Gasteiger partial charge in [-0.15, -0.1) is 0 Å². The fourth-order valence-electron chi connectivity index (χ4n) is 2.25. The number of methoxy groups -OCH3 is 1. The summed E-state index contributed by atoms with van der Waals surface area (Å²) in [7, 11) is 1.32. The Morgan fingerprint density at radius 2 is 2.21 bits per heavy atom. The number of amides is 1. The van der Waals surface area contributed by atoms with Gasteiger partial charge in [-0.05, 0) is 24.1 Å². The molecule has 0 aliphatic carbocycles. The molecule has 0 radical (unpaired) electrons. The number of esters is 1. The van der Waals surface area contributed by atoms with Crippen molar-refractivity contribution < 1.29 is 19.1 Å². The fraction of sp³-hybridized carbons (Fsp3) is 0.385. The van der Waals surface area contributed by atoms with Crippen molar-refractivity contribution >= 4 is 27.8 Å².